The van der Waals surface area contributed by atoms with Crippen LogP contribution < -0.4 is 0 Å². The van der Waals surface area contributed by atoms with Crippen LogP contribution in [0.5, 0.6) is 0 Å². The van der Waals surface area contributed by atoms with E-state index in [-0.39, 0.29) is 0 Å². The van der Waals surface area contributed by atoms with Gasteiger partial charge in [0.2, 0.25) is 0 Å². The summed E-state index contributed by atoms with van der Waals surface area (Å²) in [4.78, 5) is 11.8. The first kappa shape index (κ1) is 18.8. The highest BCUT2D eigenvalue weighted by molar-refractivity contribution is 9.10. The standard InChI is InChI=1S/C18H14Br2O3S/c19-16-6-1-14(2-7-16)5-10-18(21)13-24(22,23)12-11-15-3-8-17(20)9-4-15/h1-12H,13H2/b10-5?,12-11-. The minimum Gasteiger partial charge on any atom is -0.294 e. The molecule has 0 radical (unpaired) electrons. The molecule has 0 aliphatic carbocycles. The number of sulfone groups is 1. The van der Waals surface area contributed by atoms with Crippen molar-refractivity contribution >= 4 is 59.6 Å². The Morgan fingerprint density at radius 2 is 1.29 bits per heavy atom. The molecule has 0 fully saturated rings. The Balaban J connectivity index is 1.98. The molecule has 0 unspecified atom stereocenters. The smallest absolute Gasteiger partial charge is 0.179 e. The SMILES string of the molecule is O=C(C=Cc1ccc(Br)cc1)CS(=O)(=O)/C=C\c1ccc(Br)cc1. The highest BCUT2D eigenvalue weighted by Crippen LogP contribution is 2.13. The molecule has 2 aromatic rings. The second-order valence-electron chi connectivity index (χ2n) is 5.01. The number of carbonyl (C=O) groups excluding carboxylic acids is 1. The van der Waals surface area contributed by atoms with Crippen LogP contribution in [0.4, 0.5) is 0 Å². The molecule has 0 N–H and O–H groups in total. The number of hydrogen-bond donors (Lipinski definition) is 0. The second kappa shape index (κ2) is 8.55. The van der Waals surface area contributed by atoms with Crippen molar-refractivity contribution < 1.29 is 13.2 Å². The fraction of sp³-hybridized carbons (Fsp3) is 0.0556. The van der Waals surface area contributed by atoms with Gasteiger partial charge in [0, 0.05) is 14.4 Å². The lowest BCUT2D eigenvalue weighted by Gasteiger charge is -1.97. The van der Waals surface area contributed by atoms with E-state index in [0.29, 0.717) is 0 Å². The topological polar surface area (TPSA) is 51.2 Å². The van der Waals surface area contributed by atoms with Crippen molar-refractivity contribution in [3.63, 3.8) is 0 Å². The van der Waals surface area contributed by atoms with E-state index in [1.807, 2.05) is 36.4 Å². The fourth-order valence-corrected chi connectivity index (χ4v) is 3.30. The van der Waals surface area contributed by atoms with Gasteiger partial charge in [-0.05, 0) is 47.5 Å². The number of allylic oxidation sites excluding steroid dienone is 1. The summed E-state index contributed by atoms with van der Waals surface area (Å²) in [5.74, 6) is -1.01. The molecule has 0 aromatic heterocycles. The van der Waals surface area contributed by atoms with E-state index < -0.39 is 21.4 Å². The first-order valence-electron chi connectivity index (χ1n) is 6.97. The molecule has 0 saturated heterocycles. The summed E-state index contributed by atoms with van der Waals surface area (Å²) >= 11 is 6.64. The molecule has 2 aromatic carbocycles. The first-order valence-corrected chi connectivity index (χ1v) is 10.3. The van der Waals surface area contributed by atoms with E-state index >= 15 is 0 Å². The molecule has 0 heterocycles. The Labute approximate surface area is 158 Å². The minimum atomic E-state index is -3.60. The summed E-state index contributed by atoms with van der Waals surface area (Å²) < 4.78 is 25.8. The van der Waals surface area contributed by atoms with Gasteiger partial charge < -0.3 is 0 Å². The van der Waals surface area contributed by atoms with Gasteiger partial charge in [-0.2, -0.15) is 0 Å². The number of hydrogen-bond acceptors (Lipinski definition) is 3. The molecular formula is C18H14Br2O3S. The number of benzene rings is 2. The van der Waals surface area contributed by atoms with Crippen LogP contribution >= 0.6 is 31.9 Å². The summed E-state index contributed by atoms with van der Waals surface area (Å²) in [6.45, 7) is 0. The molecular weight excluding hydrogens is 456 g/mol. The van der Waals surface area contributed by atoms with Crippen molar-refractivity contribution in [1.29, 1.82) is 0 Å². The van der Waals surface area contributed by atoms with E-state index in [9.17, 15) is 13.2 Å². The summed E-state index contributed by atoms with van der Waals surface area (Å²) in [5.41, 5.74) is 1.58. The first-order chi connectivity index (χ1) is 11.3. The number of rotatable bonds is 6. The van der Waals surface area contributed by atoms with Crippen molar-refractivity contribution in [2.75, 3.05) is 5.75 Å². The molecule has 6 heteroatoms. The van der Waals surface area contributed by atoms with Crippen molar-refractivity contribution in [1.82, 2.24) is 0 Å². The second-order valence-corrected chi connectivity index (χ2v) is 8.73. The molecule has 0 atom stereocenters. The van der Waals surface area contributed by atoms with Crippen LogP contribution in [-0.2, 0) is 14.6 Å². The maximum Gasteiger partial charge on any atom is 0.179 e. The molecule has 0 aliphatic heterocycles. The average molecular weight is 470 g/mol. The van der Waals surface area contributed by atoms with E-state index in [0.717, 1.165) is 25.5 Å². The largest absolute Gasteiger partial charge is 0.294 e. The van der Waals surface area contributed by atoms with Crippen LogP contribution in [0.1, 0.15) is 11.1 Å². The van der Waals surface area contributed by atoms with E-state index in [1.165, 1.54) is 12.2 Å². The predicted molar refractivity (Wildman–Crippen MR) is 105 cm³/mol. The molecule has 0 saturated carbocycles. The maximum absolute atomic E-state index is 12.0. The quantitative estimate of drug-likeness (QED) is 0.566. The van der Waals surface area contributed by atoms with Crippen molar-refractivity contribution in [2.24, 2.45) is 0 Å². The lowest BCUT2D eigenvalue weighted by Crippen LogP contribution is -2.11. The van der Waals surface area contributed by atoms with Gasteiger partial charge in [-0.1, -0.05) is 62.2 Å². The summed E-state index contributed by atoms with van der Waals surface area (Å²) in [5, 5.41) is 1.07. The zero-order valence-corrected chi connectivity index (χ0v) is 16.5. The third kappa shape index (κ3) is 6.55. The lowest BCUT2D eigenvalue weighted by molar-refractivity contribution is -0.112. The molecule has 2 rings (SSSR count). The van der Waals surface area contributed by atoms with Crippen LogP contribution in [0.3, 0.4) is 0 Å². The van der Waals surface area contributed by atoms with E-state index in [2.05, 4.69) is 31.9 Å². The van der Waals surface area contributed by atoms with Gasteiger partial charge in [0.1, 0.15) is 5.75 Å². The summed E-state index contributed by atoms with van der Waals surface area (Å²) in [6, 6.07) is 14.6. The Kier molecular flexibility index (Phi) is 6.71. The summed E-state index contributed by atoms with van der Waals surface area (Å²) in [6.07, 6.45) is 4.37. The number of halogens is 2. The Morgan fingerprint density at radius 1 is 0.833 bits per heavy atom. The van der Waals surface area contributed by atoms with Crippen LogP contribution in [0.2, 0.25) is 0 Å². The zero-order chi connectivity index (χ0) is 17.6. The van der Waals surface area contributed by atoms with Gasteiger partial charge in [-0.25, -0.2) is 8.42 Å². The van der Waals surface area contributed by atoms with Gasteiger partial charge in [0.15, 0.2) is 15.6 Å². The molecule has 0 amide bonds. The third-order valence-electron chi connectivity index (χ3n) is 3.01. The van der Waals surface area contributed by atoms with Crippen LogP contribution in [0.25, 0.3) is 12.2 Å². The maximum atomic E-state index is 12.0. The zero-order valence-electron chi connectivity index (χ0n) is 12.5. The fourth-order valence-electron chi connectivity index (χ4n) is 1.81. The van der Waals surface area contributed by atoms with Gasteiger partial charge in [0.05, 0.1) is 0 Å². The number of carbonyl (C=O) groups is 1. The van der Waals surface area contributed by atoms with E-state index in [4.69, 9.17) is 0 Å². The van der Waals surface area contributed by atoms with Gasteiger partial charge in [-0.15, -0.1) is 0 Å². The van der Waals surface area contributed by atoms with E-state index in [1.54, 1.807) is 18.2 Å². The van der Waals surface area contributed by atoms with Gasteiger partial charge >= 0.3 is 0 Å². The van der Waals surface area contributed by atoms with Crippen molar-refractivity contribution in [2.45, 2.75) is 0 Å². The number of ketones is 1. The lowest BCUT2D eigenvalue weighted by atomic mass is 10.2. The predicted octanol–water partition coefficient (Wildman–Crippen LogP) is 4.88. The Bertz CT molecular complexity index is 865. The van der Waals surface area contributed by atoms with Gasteiger partial charge in [0.25, 0.3) is 0 Å². The van der Waals surface area contributed by atoms with Crippen LogP contribution in [0.15, 0.2) is 69.0 Å². The van der Waals surface area contributed by atoms with Crippen molar-refractivity contribution in [3.8, 4) is 0 Å². The average Bonchev–Trinajstić information content (AvgIpc) is 2.53. The highest BCUT2D eigenvalue weighted by atomic mass is 79.9. The van der Waals surface area contributed by atoms with Crippen molar-refractivity contribution in [3.05, 3.63) is 80.1 Å². The Hall–Kier alpha value is -1.50. The molecule has 124 valence electrons. The molecule has 0 bridgehead atoms. The Morgan fingerprint density at radius 3 is 1.79 bits per heavy atom. The normalized spacial score (nSPS) is 12.1. The third-order valence-corrected chi connectivity index (χ3v) is 5.31. The molecule has 24 heavy (non-hydrogen) atoms. The monoisotopic (exact) mass is 468 g/mol. The van der Waals surface area contributed by atoms with Crippen LogP contribution in [0, 0.1) is 0 Å². The summed E-state index contributed by atoms with van der Waals surface area (Å²) in [7, 11) is -3.60. The van der Waals surface area contributed by atoms with Crippen LogP contribution in [-0.4, -0.2) is 20.0 Å². The molecule has 3 nitrogen and oxygen atoms in total. The highest BCUT2D eigenvalue weighted by Gasteiger charge is 2.11. The minimum absolute atomic E-state index is 0.460. The van der Waals surface area contributed by atoms with Gasteiger partial charge in [-0.3, -0.25) is 4.79 Å². The molecule has 0 spiro atoms. The molecule has 0 aliphatic rings.